The van der Waals surface area contributed by atoms with Gasteiger partial charge in [-0.3, -0.25) is 4.90 Å². The third kappa shape index (κ3) is 8.42. The van der Waals surface area contributed by atoms with Crippen LogP contribution in [0.25, 0.3) is 11.0 Å². The van der Waals surface area contributed by atoms with E-state index in [-0.39, 0.29) is 6.10 Å². The van der Waals surface area contributed by atoms with E-state index in [0.29, 0.717) is 38.3 Å². The Morgan fingerprint density at radius 2 is 1.70 bits per heavy atom. The first-order chi connectivity index (χ1) is 20.6. The molecule has 0 amide bonds. The smallest absolute Gasteiger partial charge is 0.242 e. The van der Waals surface area contributed by atoms with Crippen LogP contribution in [-0.4, -0.2) is 50.1 Å². The largest absolute Gasteiger partial charge is 0.470 e. The van der Waals surface area contributed by atoms with Crippen molar-refractivity contribution in [1.29, 1.82) is 0 Å². The van der Waals surface area contributed by atoms with Crippen LogP contribution < -0.4 is 4.74 Å². The van der Waals surface area contributed by atoms with Crippen molar-refractivity contribution >= 4 is 11.0 Å². The Kier molecular flexibility index (Phi) is 9.82. The lowest BCUT2D eigenvalue weighted by molar-refractivity contribution is -0.145. The summed E-state index contributed by atoms with van der Waals surface area (Å²) in [6.45, 7) is 16.2. The van der Waals surface area contributed by atoms with E-state index in [1.54, 1.807) is 6.33 Å². The number of hydrogen-bond donors (Lipinski definition) is 0. The van der Waals surface area contributed by atoms with Crippen LogP contribution in [0.5, 0.6) is 5.88 Å². The maximum absolute atomic E-state index is 6.33. The molecule has 0 radical (unpaired) electrons. The third-order valence-electron chi connectivity index (χ3n) is 7.65. The molecular weight excluding hydrogens is 540 g/mol. The fourth-order valence-corrected chi connectivity index (χ4v) is 5.65. The molecule has 2 aromatic heterocycles. The van der Waals surface area contributed by atoms with Crippen LogP contribution in [0, 0.1) is 5.92 Å². The molecule has 3 heterocycles. The van der Waals surface area contributed by atoms with Crippen molar-refractivity contribution in [3.8, 4) is 5.88 Å². The second-order valence-corrected chi connectivity index (χ2v) is 12.9. The van der Waals surface area contributed by atoms with Gasteiger partial charge in [-0.25, -0.2) is 4.98 Å². The van der Waals surface area contributed by atoms with Gasteiger partial charge < -0.3 is 23.5 Å². The zero-order valence-electron chi connectivity index (χ0n) is 26.5. The molecule has 8 heteroatoms. The summed E-state index contributed by atoms with van der Waals surface area (Å²) in [4.78, 5) is 11.8. The van der Waals surface area contributed by atoms with Gasteiger partial charge >= 0.3 is 0 Å². The monoisotopic (exact) mass is 586 g/mol. The molecule has 43 heavy (non-hydrogen) atoms. The molecule has 1 saturated heterocycles. The van der Waals surface area contributed by atoms with Crippen LogP contribution in [0.3, 0.4) is 0 Å². The summed E-state index contributed by atoms with van der Waals surface area (Å²) in [6, 6.07) is 20.8. The molecule has 0 spiro atoms. The van der Waals surface area contributed by atoms with Crippen molar-refractivity contribution in [3.05, 3.63) is 89.9 Å². The molecule has 1 aliphatic heterocycles. The molecule has 0 unspecified atom stereocenters. The number of rotatable bonds is 13. The minimum Gasteiger partial charge on any atom is -0.470 e. The van der Waals surface area contributed by atoms with Crippen LogP contribution in [0.15, 0.2) is 73.2 Å². The summed E-state index contributed by atoms with van der Waals surface area (Å²) in [5.41, 5.74) is 4.82. The lowest BCUT2D eigenvalue weighted by Crippen LogP contribution is -2.36. The van der Waals surface area contributed by atoms with Crippen LogP contribution in [-0.2, 0) is 40.6 Å². The average molecular weight is 587 g/mol. The Bertz CT molecular complexity index is 1450. The van der Waals surface area contributed by atoms with Crippen LogP contribution in [0.4, 0.5) is 0 Å². The minimum absolute atomic E-state index is 0.0557. The summed E-state index contributed by atoms with van der Waals surface area (Å²) in [7, 11) is 0. The fourth-order valence-electron chi connectivity index (χ4n) is 5.65. The molecule has 4 aromatic rings. The van der Waals surface area contributed by atoms with Gasteiger partial charge in [0.25, 0.3) is 0 Å². The lowest BCUT2D eigenvalue weighted by atomic mass is 9.98. The van der Waals surface area contributed by atoms with Gasteiger partial charge in [0.2, 0.25) is 5.88 Å². The van der Waals surface area contributed by atoms with Crippen LogP contribution >= 0.6 is 0 Å². The van der Waals surface area contributed by atoms with Gasteiger partial charge in [0.05, 0.1) is 19.3 Å². The molecule has 0 aliphatic carbocycles. The first-order valence-corrected chi connectivity index (χ1v) is 15.3. The molecule has 2 atom stereocenters. The number of nitrogens with zero attached hydrogens (tertiary/aromatic N) is 4. The molecule has 8 nitrogen and oxygen atoms in total. The standard InChI is InChI=1S/C35H46N4O4/c1-7-28(30-23-41-35(5,6)42-30)19-38(18-26-14-10-8-11-15-26)20-29-21-39(25-40-22-27-16-12-9-13-17-27)32-31(29)36-24-37-33(32)43-34(2,3)4/h8-17,21,24,28,30H,7,18-20,22-23,25H2,1-6H3/t28-,30+/m1/s1. The van der Waals surface area contributed by atoms with Crippen molar-refractivity contribution in [3.63, 3.8) is 0 Å². The SMILES string of the molecule is CC[C@H](CN(Cc1ccccc1)Cc1cn(COCc2ccccc2)c2c(OC(C)(C)C)ncnc12)[C@@H]1COC(C)(C)O1. The van der Waals surface area contributed by atoms with Gasteiger partial charge in [-0.1, -0.05) is 67.6 Å². The van der Waals surface area contributed by atoms with Crippen LogP contribution in [0.2, 0.25) is 0 Å². The highest BCUT2D eigenvalue weighted by molar-refractivity contribution is 5.84. The summed E-state index contributed by atoms with van der Waals surface area (Å²) >= 11 is 0. The lowest BCUT2D eigenvalue weighted by Gasteiger charge is -2.30. The van der Waals surface area contributed by atoms with Gasteiger partial charge in [-0.2, -0.15) is 4.98 Å². The van der Waals surface area contributed by atoms with Crippen molar-refractivity contribution < 1.29 is 18.9 Å². The Morgan fingerprint density at radius 1 is 1.00 bits per heavy atom. The highest BCUT2D eigenvalue weighted by Gasteiger charge is 2.37. The zero-order chi connectivity index (χ0) is 30.5. The van der Waals surface area contributed by atoms with E-state index in [2.05, 4.69) is 70.0 Å². The van der Waals surface area contributed by atoms with Crippen molar-refractivity contribution in [2.45, 2.75) is 91.9 Å². The molecule has 5 rings (SSSR count). The third-order valence-corrected chi connectivity index (χ3v) is 7.65. The predicted octanol–water partition coefficient (Wildman–Crippen LogP) is 6.96. The Morgan fingerprint density at radius 3 is 2.33 bits per heavy atom. The van der Waals surface area contributed by atoms with E-state index in [9.17, 15) is 0 Å². The summed E-state index contributed by atoms with van der Waals surface area (Å²) in [6.07, 6.45) is 4.80. The van der Waals surface area contributed by atoms with Gasteiger partial charge in [0.15, 0.2) is 5.79 Å². The zero-order valence-corrected chi connectivity index (χ0v) is 26.5. The Hall–Kier alpha value is -3.30. The van der Waals surface area contributed by atoms with Crippen molar-refractivity contribution in [2.75, 3.05) is 13.2 Å². The van der Waals surface area contributed by atoms with Gasteiger partial charge in [-0.15, -0.1) is 0 Å². The number of ether oxygens (including phenoxy) is 4. The molecule has 1 aliphatic rings. The molecule has 230 valence electrons. The molecule has 0 N–H and O–H groups in total. The van der Waals surface area contributed by atoms with E-state index in [1.807, 2.05) is 52.8 Å². The highest BCUT2D eigenvalue weighted by atomic mass is 16.7. The van der Waals surface area contributed by atoms with Gasteiger partial charge in [-0.05, 0) is 58.1 Å². The number of hydrogen-bond acceptors (Lipinski definition) is 7. The fraction of sp³-hybridized carbons (Fsp3) is 0.486. The first kappa shape index (κ1) is 31.1. The van der Waals surface area contributed by atoms with E-state index >= 15 is 0 Å². The molecule has 1 fully saturated rings. The Balaban J connectivity index is 1.45. The number of fused-ring (bicyclic) bond motifs is 1. The van der Waals surface area contributed by atoms with E-state index in [0.717, 1.165) is 41.7 Å². The summed E-state index contributed by atoms with van der Waals surface area (Å²) in [5.74, 6) is 0.338. The summed E-state index contributed by atoms with van der Waals surface area (Å²) in [5, 5.41) is 0. The topological polar surface area (TPSA) is 70.9 Å². The predicted molar refractivity (Wildman–Crippen MR) is 168 cm³/mol. The van der Waals surface area contributed by atoms with E-state index < -0.39 is 11.4 Å². The second-order valence-electron chi connectivity index (χ2n) is 12.9. The quantitative estimate of drug-likeness (QED) is 0.168. The van der Waals surface area contributed by atoms with E-state index in [1.165, 1.54) is 5.56 Å². The Labute approximate surface area is 255 Å². The molecule has 2 aromatic carbocycles. The maximum Gasteiger partial charge on any atom is 0.242 e. The summed E-state index contributed by atoms with van der Waals surface area (Å²) < 4.78 is 26.9. The minimum atomic E-state index is -0.546. The highest BCUT2D eigenvalue weighted by Crippen LogP contribution is 2.32. The first-order valence-electron chi connectivity index (χ1n) is 15.3. The van der Waals surface area contributed by atoms with Crippen molar-refractivity contribution in [1.82, 2.24) is 19.4 Å². The number of aromatic nitrogens is 3. The van der Waals surface area contributed by atoms with Crippen LogP contribution in [0.1, 0.15) is 64.7 Å². The van der Waals surface area contributed by atoms with E-state index in [4.69, 9.17) is 23.9 Å². The molecule has 0 saturated carbocycles. The average Bonchev–Trinajstić information content (AvgIpc) is 3.51. The molecular formula is C35H46N4O4. The normalized spacial score (nSPS) is 17.5. The van der Waals surface area contributed by atoms with Crippen molar-refractivity contribution in [2.24, 2.45) is 5.92 Å². The second kappa shape index (κ2) is 13.6. The number of benzene rings is 2. The van der Waals surface area contributed by atoms with Gasteiger partial charge in [0.1, 0.15) is 29.7 Å². The maximum atomic E-state index is 6.33. The molecule has 0 bridgehead atoms. The van der Waals surface area contributed by atoms with Gasteiger partial charge in [0, 0.05) is 31.4 Å².